The van der Waals surface area contributed by atoms with Crippen LogP contribution in [0.2, 0.25) is 0 Å². The van der Waals surface area contributed by atoms with Crippen molar-refractivity contribution in [3.63, 3.8) is 0 Å². The van der Waals surface area contributed by atoms with E-state index in [9.17, 15) is 9.59 Å². The maximum absolute atomic E-state index is 12.9. The van der Waals surface area contributed by atoms with E-state index in [1.54, 1.807) is 0 Å². The van der Waals surface area contributed by atoms with Gasteiger partial charge in [-0.25, -0.2) is 0 Å². The first-order valence-electron chi connectivity index (χ1n) is 26.6. The number of ketones is 1. The lowest BCUT2D eigenvalue weighted by Crippen LogP contribution is -2.32. The average Bonchev–Trinajstić information content (AvgIpc) is 3.65. The largest absolute Gasteiger partial charge is 0.462 e. The van der Waals surface area contributed by atoms with Gasteiger partial charge in [0.05, 0.1) is 12.4 Å². The number of carbonyl (C=O) groups is 2. The molecular weight excluding hydrogens is 727 g/mol. The van der Waals surface area contributed by atoms with Gasteiger partial charge >= 0.3 is 5.97 Å². The SMILES string of the molecule is CCCCCCCCC(CC)CCC(=O)CCCCCCCN(CCCCCCCC(=O)OC(CCCCCCCC)CCCCCCCC)CCCN1CCN=C1C. The normalized spacial score (nSPS) is 13.5. The Labute approximate surface area is 369 Å². The third kappa shape index (κ3) is 34.8. The summed E-state index contributed by atoms with van der Waals surface area (Å²) in [7, 11) is 0. The third-order valence-corrected chi connectivity index (χ3v) is 13.3. The van der Waals surface area contributed by atoms with Gasteiger partial charge in [-0.1, -0.05) is 182 Å². The van der Waals surface area contributed by atoms with Crippen LogP contribution in [-0.2, 0) is 14.3 Å². The summed E-state index contributed by atoms with van der Waals surface area (Å²) >= 11 is 0. The van der Waals surface area contributed by atoms with E-state index >= 15 is 0 Å². The molecular formula is C53H103N3O3. The zero-order valence-corrected chi connectivity index (χ0v) is 40.6. The molecule has 6 heteroatoms. The van der Waals surface area contributed by atoms with E-state index < -0.39 is 0 Å². The van der Waals surface area contributed by atoms with Crippen molar-refractivity contribution in [2.45, 2.75) is 278 Å². The molecule has 0 saturated carbocycles. The molecule has 0 aliphatic carbocycles. The van der Waals surface area contributed by atoms with Gasteiger partial charge in [0.1, 0.15) is 11.9 Å². The fraction of sp³-hybridized carbons (Fsp3) is 0.943. The van der Waals surface area contributed by atoms with E-state index in [2.05, 4.69) is 49.4 Å². The van der Waals surface area contributed by atoms with Gasteiger partial charge in [-0.3, -0.25) is 14.6 Å². The van der Waals surface area contributed by atoms with Crippen LogP contribution in [0, 0.1) is 5.92 Å². The number of esters is 1. The Morgan fingerprint density at radius 2 is 1.00 bits per heavy atom. The highest BCUT2D eigenvalue weighted by molar-refractivity contribution is 5.81. The molecule has 0 aromatic heterocycles. The number of hydrogen-bond acceptors (Lipinski definition) is 6. The zero-order valence-electron chi connectivity index (χ0n) is 40.6. The van der Waals surface area contributed by atoms with Crippen LogP contribution in [0.25, 0.3) is 0 Å². The molecule has 1 rings (SSSR count). The van der Waals surface area contributed by atoms with Crippen LogP contribution in [0.3, 0.4) is 0 Å². The number of Topliss-reactive ketones (excluding diaryl/α,β-unsaturated/α-hetero) is 1. The average molecular weight is 830 g/mol. The van der Waals surface area contributed by atoms with Gasteiger partial charge in [-0.2, -0.15) is 0 Å². The van der Waals surface area contributed by atoms with E-state index in [-0.39, 0.29) is 12.1 Å². The quantitative estimate of drug-likeness (QED) is 0.0452. The monoisotopic (exact) mass is 830 g/mol. The minimum atomic E-state index is 0.0437. The number of aliphatic imine (C=N–C) groups is 1. The molecule has 0 radical (unpaired) electrons. The Kier molecular flexibility index (Phi) is 39.5. The van der Waals surface area contributed by atoms with E-state index in [4.69, 9.17) is 4.74 Å². The van der Waals surface area contributed by atoms with Crippen LogP contribution in [0.5, 0.6) is 0 Å². The highest BCUT2D eigenvalue weighted by atomic mass is 16.5. The molecule has 1 aliphatic rings. The van der Waals surface area contributed by atoms with Crippen molar-refractivity contribution in [3.05, 3.63) is 0 Å². The second-order valence-electron chi connectivity index (χ2n) is 18.8. The summed E-state index contributed by atoms with van der Waals surface area (Å²) in [4.78, 5) is 35.3. The predicted molar refractivity (Wildman–Crippen MR) is 258 cm³/mol. The molecule has 6 nitrogen and oxygen atoms in total. The van der Waals surface area contributed by atoms with Gasteiger partial charge in [-0.05, 0) is 96.7 Å². The highest BCUT2D eigenvalue weighted by Gasteiger charge is 2.16. The summed E-state index contributed by atoms with van der Waals surface area (Å²) in [6, 6.07) is 0. The molecule has 1 atom stereocenters. The number of rotatable bonds is 46. The second kappa shape index (κ2) is 41.9. The topological polar surface area (TPSA) is 62.2 Å². The lowest BCUT2D eigenvalue weighted by atomic mass is 9.92. The van der Waals surface area contributed by atoms with Crippen LogP contribution >= 0.6 is 0 Å². The molecule has 348 valence electrons. The van der Waals surface area contributed by atoms with Crippen LogP contribution in [0.4, 0.5) is 0 Å². The molecule has 59 heavy (non-hydrogen) atoms. The van der Waals surface area contributed by atoms with Crippen LogP contribution in [0.15, 0.2) is 4.99 Å². The summed E-state index contributed by atoms with van der Waals surface area (Å²) in [6.07, 6.45) is 44.8. The molecule has 1 unspecified atom stereocenters. The van der Waals surface area contributed by atoms with Gasteiger partial charge in [0.2, 0.25) is 0 Å². The molecule has 0 spiro atoms. The molecule has 0 amide bonds. The van der Waals surface area contributed by atoms with Crippen molar-refractivity contribution in [3.8, 4) is 0 Å². The first-order valence-corrected chi connectivity index (χ1v) is 26.6. The molecule has 0 aromatic carbocycles. The standard InChI is InChI=1S/C53H103N3O3/c1-6-10-13-16-21-28-36-50(9-4)41-42-51(57)37-29-22-19-26-33-44-55(46-35-47-56-48-43-54-49(56)5)45-34-27-20-25-32-40-53(58)59-52(38-30-23-17-14-11-7-2)39-31-24-18-15-12-8-3/h50,52H,6-48H2,1-5H3. The molecule has 0 aromatic rings. The maximum atomic E-state index is 12.9. The van der Waals surface area contributed by atoms with Gasteiger partial charge in [0.15, 0.2) is 0 Å². The van der Waals surface area contributed by atoms with Crippen LogP contribution in [-0.4, -0.2) is 72.8 Å². The van der Waals surface area contributed by atoms with Gasteiger partial charge < -0.3 is 14.5 Å². The minimum Gasteiger partial charge on any atom is -0.462 e. The van der Waals surface area contributed by atoms with Gasteiger partial charge in [-0.15, -0.1) is 0 Å². The summed E-state index contributed by atoms with van der Waals surface area (Å²) < 4.78 is 6.10. The smallest absolute Gasteiger partial charge is 0.306 e. The predicted octanol–water partition coefficient (Wildman–Crippen LogP) is 15.6. The van der Waals surface area contributed by atoms with Gasteiger partial charge in [0.25, 0.3) is 0 Å². The number of ether oxygens (including phenoxy) is 1. The minimum absolute atomic E-state index is 0.0437. The summed E-state index contributed by atoms with van der Waals surface area (Å²) in [5.41, 5.74) is 0. The molecule has 0 bridgehead atoms. The highest BCUT2D eigenvalue weighted by Crippen LogP contribution is 2.22. The molecule has 0 saturated heterocycles. The Morgan fingerprint density at radius 3 is 1.51 bits per heavy atom. The number of carbonyl (C=O) groups excluding carboxylic acids is 2. The molecule has 0 N–H and O–H groups in total. The fourth-order valence-electron chi connectivity index (χ4n) is 9.08. The van der Waals surface area contributed by atoms with Crippen molar-refractivity contribution < 1.29 is 14.3 Å². The number of nitrogens with zero attached hydrogens (tertiary/aromatic N) is 3. The molecule has 0 fully saturated rings. The second-order valence-corrected chi connectivity index (χ2v) is 18.8. The number of amidine groups is 1. The van der Waals surface area contributed by atoms with E-state index in [0.717, 1.165) is 76.9 Å². The lowest BCUT2D eigenvalue weighted by Gasteiger charge is -2.24. The van der Waals surface area contributed by atoms with Crippen molar-refractivity contribution in [1.29, 1.82) is 0 Å². The third-order valence-electron chi connectivity index (χ3n) is 13.3. The van der Waals surface area contributed by atoms with Crippen LogP contribution in [0.1, 0.15) is 272 Å². The first-order chi connectivity index (χ1) is 28.9. The Hall–Kier alpha value is -1.43. The summed E-state index contributed by atoms with van der Waals surface area (Å²) in [6.45, 7) is 18.0. The van der Waals surface area contributed by atoms with Crippen molar-refractivity contribution in [2.75, 3.05) is 39.3 Å². The summed E-state index contributed by atoms with van der Waals surface area (Å²) in [5.74, 6) is 2.50. The Balaban J connectivity index is 2.30. The zero-order chi connectivity index (χ0) is 42.9. The number of hydrogen-bond donors (Lipinski definition) is 0. The van der Waals surface area contributed by atoms with Crippen molar-refractivity contribution >= 4 is 17.6 Å². The van der Waals surface area contributed by atoms with E-state index in [0.29, 0.717) is 12.2 Å². The first kappa shape index (κ1) is 55.6. The van der Waals surface area contributed by atoms with Gasteiger partial charge in [0, 0.05) is 32.4 Å². The maximum Gasteiger partial charge on any atom is 0.306 e. The molecule has 1 heterocycles. The molecule has 1 aliphatic heterocycles. The lowest BCUT2D eigenvalue weighted by molar-refractivity contribution is -0.150. The van der Waals surface area contributed by atoms with Crippen molar-refractivity contribution in [1.82, 2.24) is 9.80 Å². The van der Waals surface area contributed by atoms with E-state index in [1.807, 2.05) is 0 Å². The van der Waals surface area contributed by atoms with Crippen molar-refractivity contribution in [2.24, 2.45) is 10.9 Å². The Bertz CT molecular complexity index is 954. The fourth-order valence-corrected chi connectivity index (χ4v) is 9.08. The summed E-state index contributed by atoms with van der Waals surface area (Å²) in [5, 5.41) is 0. The van der Waals surface area contributed by atoms with E-state index in [1.165, 1.54) is 205 Å². The van der Waals surface area contributed by atoms with Crippen LogP contribution < -0.4 is 0 Å². The number of unbranched alkanes of at least 4 members (excludes halogenated alkanes) is 23. The Morgan fingerprint density at radius 1 is 0.542 bits per heavy atom.